The summed E-state index contributed by atoms with van der Waals surface area (Å²) in [6.45, 7) is 0. The van der Waals surface area contributed by atoms with Crippen LogP contribution >= 0.6 is 23.2 Å². The summed E-state index contributed by atoms with van der Waals surface area (Å²) in [4.78, 5) is 12.1. The first kappa shape index (κ1) is 17.9. The normalized spacial score (nSPS) is 13.1. The van der Waals surface area contributed by atoms with Gasteiger partial charge in [0.1, 0.15) is 5.75 Å². The van der Waals surface area contributed by atoms with Gasteiger partial charge >= 0.3 is 0 Å². The summed E-state index contributed by atoms with van der Waals surface area (Å²) in [6.07, 6.45) is 1.16. The van der Waals surface area contributed by atoms with E-state index < -0.39 is 0 Å². The van der Waals surface area contributed by atoms with E-state index in [4.69, 9.17) is 27.9 Å². The predicted octanol–water partition coefficient (Wildman–Crippen LogP) is 6.22. The second-order valence-electron chi connectivity index (χ2n) is 6.43. The van der Waals surface area contributed by atoms with Crippen molar-refractivity contribution in [1.29, 1.82) is 0 Å². The molecule has 136 valence electrons. The molecule has 5 heteroatoms. The number of hydrogen-bond donors (Lipinski definition) is 1. The van der Waals surface area contributed by atoms with Crippen molar-refractivity contribution in [3.05, 3.63) is 70.2 Å². The van der Waals surface area contributed by atoms with Gasteiger partial charge in [-0.15, -0.1) is 0 Å². The van der Waals surface area contributed by atoms with Gasteiger partial charge in [-0.2, -0.15) is 0 Å². The number of aryl methyl sites for hydroxylation is 1. The molecule has 27 heavy (non-hydrogen) atoms. The topological polar surface area (TPSA) is 38.3 Å². The second-order valence-corrected chi connectivity index (χ2v) is 7.30. The Morgan fingerprint density at radius 1 is 0.889 bits per heavy atom. The van der Waals surface area contributed by atoms with Crippen molar-refractivity contribution in [3.8, 4) is 28.0 Å². The fraction of sp³-hybridized carbons (Fsp3) is 0.136. The first-order chi connectivity index (χ1) is 13.1. The third-order valence-electron chi connectivity index (χ3n) is 4.74. The highest BCUT2D eigenvalue weighted by Crippen LogP contribution is 2.47. The van der Waals surface area contributed by atoms with Crippen LogP contribution in [0.15, 0.2) is 54.6 Å². The first-order valence-corrected chi connectivity index (χ1v) is 9.38. The highest BCUT2D eigenvalue weighted by molar-refractivity contribution is 6.31. The summed E-state index contributed by atoms with van der Waals surface area (Å²) in [5.41, 5.74) is 5.67. The van der Waals surface area contributed by atoms with Crippen molar-refractivity contribution < 1.29 is 9.53 Å². The number of benzene rings is 3. The van der Waals surface area contributed by atoms with E-state index in [2.05, 4.69) is 11.4 Å². The lowest BCUT2D eigenvalue weighted by atomic mass is 9.89. The van der Waals surface area contributed by atoms with E-state index in [1.165, 1.54) is 0 Å². The molecule has 1 aliphatic rings. The second kappa shape index (κ2) is 7.26. The van der Waals surface area contributed by atoms with Gasteiger partial charge in [0.25, 0.3) is 0 Å². The zero-order valence-corrected chi connectivity index (χ0v) is 16.2. The van der Waals surface area contributed by atoms with E-state index >= 15 is 0 Å². The molecule has 1 N–H and O–H groups in total. The van der Waals surface area contributed by atoms with Gasteiger partial charge in [0.15, 0.2) is 0 Å². The molecule has 0 aliphatic carbocycles. The maximum Gasteiger partial charge on any atom is 0.224 e. The Balaban J connectivity index is 2.01. The Kier molecular flexibility index (Phi) is 4.81. The summed E-state index contributed by atoms with van der Waals surface area (Å²) in [5.74, 6) is 0.722. The maximum atomic E-state index is 12.1. The molecule has 1 aliphatic heterocycles. The Hall–Kier alpha value is -2.49. The zero-order valence-electron chi connectivity index (χ0n) is 14.7. The average molecular weight is 398 g/mol. The van der Waals surface area contributed by atoms with E-state index in [0.717, 1.165) is 33.5 Å². The zero-order chi connectivity index (χ0) is 19.0. The number of hydrogen-bond acceptors (Lipinski definition) is 2. The van der Waals surface area contributed by atoms with Crippen LogP contribution in [0.1, 0.15) is 12.0 Å². The molecule has 3 aromatic carbocycles. The van der Waals surface area contributed by atoms with E-state index in [-0.39, 0.29) is 5.91 Å². The molecule has 0 atom stereocenters. The monoisotopic (exact) mass is 397 g/mol. The number of anilines is 1. The lowest BCUT2D eigenvalue weighted by Crippen LogP contribution is -2.20. The largest absolute Gasteiger partial charge is 0.495 e. The Bertz CT molecular complexity index is 1010. The molecule has 0 spiro atoms. The van der Waals surface area contributed by atoms with Crippen molar-refractivity contribution in [1.82, 2.24) is 0 Å². The number of amides is 1. The van der Waals surface area contributed by atoms with Crippen molar-refractivity contribution >= 4 is 34.8 Å². The minimum absolute atomic E-state index is 0.0130. The number of nitrogens with one attached hydrogen (secondary N) is 1. The molecule has 0 saturated heterocycles. The van der Waals surface area contributed by atoms with E-state index in [0.29, 0.717) is 28.6 Å². The Labute approximate surface area is 167 Å². The molecule has 0 aromatic heterocycles. The number of carbonyl (C=O) groups is 1. The summed E-state index contributed by atoms with van der Waals surface area (Å²) in [7, 11) is 1.64. The van der Waals surface area contributed by atoms with Crippen LogP contribution in [0, 0.1) is 0 Å². The number of fused-ring (bicyclic) bond motifs is 1. The minimum Gasteiger partial charge on any atom is -0.495 e. The fourth-order valence-electron chi connectivity index (χ4n) is 3.46. The number of methoxy groups -OCH3 is 1. The molecule has 3 aromatic rings. The van der Waals surface area contributed by atoms with E-state index in [9.17, 15) is 4.79 Å². The third kappa shape index (κ3) is 3.41. The van der Waals surface area contributed by atoms with Crippen LogP contribution in [0.3, 0.4) is 0 Å². The number of halogens is 2. The van der Waals surface area contributed by atoms with Crippen LogP contribution in [0.2, 0.25) is 10.0 Å². The summed E-state index contributed by atoms with van der Waals surface area (Å²) in [6, 6.07) is 17.3. The summed E-state index contributed by atoms with van der Waals surface area (Å²) >= 11 is 12.1. The molecule has 0 fully saturated rings. The van der Waals surface area contributed by atoms with Crippen molar-refractivity contribution in [2.45, 2.75) is 12.8 Å². The quantitative estimate of drug-likeness (QED) is 0.569. The van der Waals surface area contributed by atoms with Gasteiger partial charge in [-0.3, -0.25) is 4.79 Å². The van der Waals surface area contributed by atoms with Gasteiger partial charge in [-0.05, 0) is 53.4 Å². The van der Waals surface area contributed by atoms with Crippen molar-refractivity contribution in [2.24, 2.45) is 0 Å². The highest BCUT2D eigenvalue weighted by Gasteiger charge is 2.25. The van der Waals surface area contributed by atoms with Crippen LogP contribution < -0.4 is 10.1 Å². The SMILES string of the molecule is COc1c(-c2ccc(Cl)cc2)cc2c(c1-c1ccc(Cl)cc1)NC(=O)CC2. The molecule has 1 amide bonds. The van der Waals surface area contributed by atoms with Gasteiger partial charge in [-0.1, -0.05) is 47.5 Å². The molecule has 0 saturated carbocycles. The van der Waals surface area contributed by atoms with Crippen LogP contribution in [0.5, 0.6) is 5.75 Å². The smallest absolute Gasteiger partial charge is 0.224 e. The van der Waals surface area contributed by atoms with Gasteiger partial charge < -0.3 is 10.1 Å². The molecule has 3 nitrogen and oxygen atoms in total. The molecular weight excluding hydrogens is 381 g/mol. The number of rotatable bonds is 3. The molecule has 0 bridgehead atoms. The Morgan fingerprint density at radius 2 is 1.48 bits per heavy atom. The molecular formula is C22H17Cl2NO2. The highest BCUT2D eigenvalue weighted by atomic mass is 35.5. The molecule has 0 radical (unpaired) electrons. The lowest BCUT2D eigenvalue weighted by Gasteiger charge is -2.25. The van der Waals surface area contributed by atoms with E-state index in [1.54, 1.807) is 7.11 Å². The van der Waals surface area contributed by atoms with Gasteiger partial charge in [0.2, 0.25) is 5.91 Å². The molecule has 4 rings (SSSR count). The fourth-order valence-corrected chi connectivity index (χ4v) is 3.71. The maximum absolute atomic E-state index is 12.1. The average Bonchev–Trinajstić information content (AvgIpc) is 2.68. The minimum atomic E-state index is 0.0130. The van der Waals surface area contributed by atoms with Gasteiger partial charge in [-0.25, -0.2) is 0 Å². The van der Waals surface area contributed by atoms with Crippen LogP contribution in [-0.4, -0.2) is 13.0 Å². The lowest BCUT2D eigenvalue weighted by molar-refractivity contribution is -0.116. The van der Waals surface area contributed by atoms with Gasteiger partial charge in [0.05, 0.1) is 12.8 Å². The molecule has 0 unspecified atom stereocenters. The predicted molar refractivity (Wildman–Crippen MR) is 111 cm³/mol. The molecule has 1 heterocycles. The van der Waals surface area contributed by atoms with E-state index in [1.807, 2.05) is 48.5 Å². The van der Waals surface area contributed by atoms with Crippen molar-refractivity contribution in [3.63, 3.8) is 0 Å². The Morgan fingerprint density at radius 3 is 2.07 bits per heavy atom. The number of carbonyl (C=O) groups excluding carboxylic acids is 1. The third-order valence-corrected chi connectivity index (χ3v) is 5.24. The van der Waals surface area contributed by atoms with Crippen LogP contribution in [0.4, 0.5) is 5.69 Å². The van der Waals surface area contributed by atoms with Gasteiger partial charge in [0, 0.05) is 27.6 Å². The van der Waals surface area contributed by atoms with Crippen molar-refractivity contribution in [2.75, 3.05) is 12.4 Å². The first-order valence-electron chi connectivity index (χ1n) is 8.62. The van der Waals surface area contributed by atoms with Crippen LogP contribution in [-0.2, 0) is 11.2 Å². The standard InChI is InChI=1S/C22H17Cl2NO2/c1-27-22-18(13-2-7-16(23)8-3-13)12-15-6-11-19(26)25-21(15)20(22)14-4-9-17(24)10-5-14/h2-5,7-10,12H,6,11H2,1H3,(H,25,26). The number of ether oxygens (including phenoxy) is 1. The summed E-state index contributed by atoms with van der Waals surface area (Å²) in [5, 5.41) is 4.37. The summed E-state index contributed by atoms with van der Waals surface area (Å²) < 4.78 is 5.83. The van der Waals surface area contributed by atoms with Crippen LogP contribution in [0.25, 0.3) is 22.3 Å².